The van der Waals surface area contributed by atoms with Crippen molar-refractivity contribution >= 4 is 50.2 Å². The van der Waals surface area contributed by atoms with Gasteiger partial charge in [-0.05, 0) is 31.4 Å². The lowest BCUT2D eigenvalue weighted by atomic mass is 10.0. The normalized spacial score (nSPS) is 18.0. The molecule has 7 nitrogen and oxygen atoms in total. The highest BCUT2D eigenvalue weighted by Crippen LogP contribution is 2.35. The number of carbonyl (C=O) groups is 3. The Morgan fingerprint density at radius 1 is 1.18 bits per heavy atom. The van der Waals surface area contributed by atoms with Gasteiger partial charge in [0.2, 0.25) is 17.7 Å². The maximum atomic E-state index is 13.4. The molecule has 3 rings (SSSR count). The van der Waals surface area contributed by atoms with E-state index in [1.807, 2.05) is 35.4 Å². The molecule has 1 saturated heterocycles. The number of carbonyl (C=O) groups excluding carboxylic acids is 3. The van der Waals surface area contributed by atoms with Gasteiger partial charge in [0.15, 0.2) is 0 Å². The lowest BCUT2D eigenvalue weighted by Crippen LogP contribution is -2.56. The summed E-state index contributed by atoms with van der Waals surface area (Å²) in [5.41, 5.74) is 1.92. The Kier molecular flexibility index (Phi) is 8.98. The zero-order valence-electron chi connectivity index (χ0n) is 20.6. The van der Waals surface area contributed by atoms with Crippen LogP contribution < -0.4 is 10.6 Å². The van der Waals surface area contributed by atoms with Gasteiger partial charge >= 0.3 is 0 Å². The number of rotatable bonds is 9. The van der Waals surface area contributed by atoms with Crippen LogP contribution in [-0.2, 0) is 20.8 Å². The molecule has 1 aliphatic rings. The van der Waals surface area contributed by atoms with Crippen molar-refractivity contribution in [2.75, 3.05) is 12.3 Å². The van der Waals surface area contributed by atoms with E-state index in [-0.39, 0.29) is 28.5 Å². The van der Waals surface area contributed by atoms with Crippen LogP contribution in [0.2, 0.25) is 0 Å². The predicted octanol–water partition coefficient (Wildman–Crippen LogP) is 3.89. The summed E-state index contributed by atoms with van der Waals surface area (Å²) < 4.78 is 0.0390. The van der Waals surface area contributed by atoms with E-state index in [2.05, 4.69) is 43.3 Å². The smallest absolute Gasteiger partial charge is 0.246 e. The first-order chi connectivity index (χ1) is 16.0. The zero-order valence-corrected chi connectivity index (χ0v) is 22.3. The predicted molar refractivity (Wildman–Crippen MR) is 142 cm³/mol. The maximum Gasteiger partial charge on any atom is 0.246 e. The van der Waals surface area contributed by atoms with Gasteiger partial charge in [-0.2, -0.15) is 0 Å². The van der Waals surface area contributed by atoms with Crippen LogP contribution in [-0.4, -0.2) is 62.8 Å². The summed E-state index contributed by atoms with van der Waals surface area (Å²) in [6.45, 7) is 10.5. The van der Waals surface area contributed by atoms with Gasteiger partial charge in [0.1, 0.15) is 12.1 Å². The van der Waals surface area contributed by atoms with E-state index in [9.17, 15) is 14.4 Å². The highest BCUT2D eigenvalue weighted by Gasteiger charge is 2.34. The summed E-state index contributed by atoms with van der Waals surface area (Å²) in [5, 5.41) is 6.78. The van der Waals surface area contributed by atoms with Crippen molar-refractivity contribution in [3.8, 4) is 0 Å². The van der Waals surface area contributed by atoms with Crippen LogP contribution in [0, 0.1) is 0 Å². The Bertz CT molecular complexity index is 1020. The summed E-state index contributed by atoms with van der Waals surface area (Å²) in [6.07, 6.45) is 4.16. The molecule has 3 N–H and O–H groups in total. The van der Waals surface area contributed by atoms with E-state index in [4.69, 9.17) is 0 Å². The minimum absolute atomic E-state index is 0.0390. The molecule has 1 aromatic heterocycles. The van der Waals surface area contributed by atoms with E-state index in [0.29, 0.717) is 18.7 Å². The Hall–Kier alpha value is -2.13. The van der Waals surface area contributed by atoms with Crippen molar-refractivity contribution in [1.82, 2.24) is 20.5 Å². The Morgan fingerprint density at radius 3 is 2.56 bits per heavy atom. The average molecular weight is 505 g/mol. The SMILES string of the molecule is CC(=O)N[C@@H](Cc1c[nH]c2ccccc12)C(=O)N[C@@H](CSSC(C)(C)C)C(=O)N1CCC[C@H]1C. The van der Waals surface area contributed by atoms with Gasteiger partial charge in [-0.25, -0.2) is 0 Å². The highest BCUT2D eigenvalue weighted by molar-refractivity contribution is 8.77. The third kappa shape index (κ3) is 7.18. The van der Waals surface area contributed by atoms with E-state index in [0.717, 1.165) is 29.3 Å². The molecule has 186 valence electrons. The third-order valence-electron chi connectivity index (χ3n) is 5.79. The van der Waals surface area contributed by atoms with Crippen LogP contribution in [0.3, 0.4) is 0 Å². The van der Waals surface area contributed by atoms with Crippen LogP contribution in [0.25, 0.3) is 10.9 Å². The minimum Gasteiger partial charge on any atom is -0.361 e. The van der Waals surface area contributed by atoms with Crippen LogP contribution >= 0.6 is 21.6 Å². The number of likely N-dealkylation sites (tertiary alicyclic amines) is 1. The third-order valence-corrected chi connectivity index (χ3v) is 9.14. The van der Waals surface area contributed by atoms with Gasteiger partial charge in [0.05, 0.1) is 0 Å². The average Bonchev–Trinajstić information content (AvgIpc) is 3.37. The number of amides is 3. The largest absolute Gasteiger partial charge is 0.361 e. The summed E-state index contributed by atoms with van der Waals surface area (Å²) in [4.78, 5) is 43.8. The molecule has 1 aliphatic heterocycles. The van der Waals surface area contributed by atoms with Crippen molar-refractivity contribution in [1.29, 1.82) is 0 Å². The lowest BCUT2D eigenvalue weighted by molar-refractivity contribution is -0.137. The van der Waals surface area contributed by atoms with Gasteiger partial charge in [-0.15, -0.1) is 0 Å². The number of aromatic amines is 1. The number of aromatic nitrogens is 1. The Labute approximate surface area is 210 Å². The lowest BCUT2D eigenvalue weighted by Gasteiger charge is -2.29. The number of benzene rings is 1. The molecule has 0 saturated carbocycles. The van der Waals surface area contributed by atoms with Gasteiger partial charge in [-0.3, -0.25) is 14.4 Å². The molecule has 0 radical (unpaired) electrons. The number of fused-ring (bicyclic) bond motifs is 1. The second kappa shape index (κ2) is 11.5. The van der Waals surface area contributed by atoms with Gasteiger partial charge in [0.25, 0.3) is 0 Å². The molecule has 1 fully saturated rings. The molecule has 2 heterocycles. The monoisotopic (exact) mass is 504 g/mol. The number of nitrogens with zero attached hydrogens (tertiary/aromatic N) is 1. The molecule has 0 unspecified atom stereocenters. The van der Waals surface area contributed by atoms with Crippen LogP contribution in [0.4, 0.5) is 0 Å². The first-order valence-corrected chi connectivity index (χ1v) is 14.1. The molecule has 3 amide bonds. The van der Waals surface area contributed by atoms with Gasteiger partial charge in [-0.1, -0.05) is 60.6 Å². The minimum atomic E-state index is -0.775. The molecule has 9 heteroatoms. The fourth-order valence-corrected chi connectivity index (χ4v) is 6.62. The summed E-state index contributed by atoms with van der Waals surface area (Å²) in [6, 6.07) is 6.61. The number of hydrogen-bond donors (Lipinski definition) is 3. The van der Waals surface area contributed by atoms with Gasteiger partial charge < -0.3 is 20.5 Å². The first kappa shape index (κ1) is 26.5. The fourth-order valence-electron chi connectivity index (χ4n) is 4.16. The van der Waals surface area contributed by atoms with Crippen LogP contribution in [0.1, 0.15) is 53.0 Å². The second-order valence-corrected chi connectivity index (χ2v) is 13.0. The van der Waals surface area contributed by atoms with Crippen molar-refractivity contribution in [3.05, 3.63) is 36.0 Å². The summed E-state index contributed by atoms with van der Waals surface area (Å²) >= 11 is 0. The number of para-hydroxylation sites is 1. The first-order valence-electron chi connectivity index (χ1n) is 11.8. The molecule has 2 aromatic rings. The number of H-pyrrole nitrogens is 1. The van der Waals surface area contributed by atoms with Crippen molar-refractivity contribution in [2.45, 2.75) is 76.8 Å². The van der Waals surface area contributed by atoms with E-state index < -0.39 is 12.1 Å². The number of nitrogens with one attached hydrogen (secondary N) is 3. The number of hydrogen-bond acceptors (Lipinski definition) is 5. The van der Waals surface area contributed by atoms with Crippen molar-refractivity contribution < 1.29 is 14.4 Å². The van der Waals surface area contributed by atoms with E-state index in [1.165, 1.54) is 6.92 Å². The summed E-state index contributed by atoms with van der Waals surface area (Å²) in [7, 11) is 3.29. The quantitative estimate of drug-likeness (QED) is 0.451. The van der Waals surface area contributed by atoms with Gasteiger partial charge in [0, 0.05) is 53.5 Å². The molecule has 0 aliphatic carbocycles. The molecule has 3 atom stereocenters. The Morgan fingerprint density at radius 2 is 1.91 bits per heavy atom. The van der Waals surface area contributed by atoms with E-state index >= 15 is 0 Å². The molecular weight excluding hydrogens is 468 g/mol. The molecule has 34 heavy (non-hydrogen) atoms. The molecule has 0 bridgehead atoms. The van der Waals surface area contributed by atoms with E-state index in [1.54, 1.807) is 21.6 Å². The Balaban J connectivity index is 1.77. The van der Waals surface area contributed by atoms with Crippen LogP contribution in [0.15, 0.2) is 30.5 Å². The molecule has 1 aromatic carbocycles. The van der Waals surface area contributed by atoms with Crippen LogP contribution in [0.5, 0.6) is 0 Å². The maximum absolute atomic E-state index is 13.4. The fraction of sp³-hybridized carbons (Fsp3) is 0.560. The van der Waals surface area contributed by atoms with Crippen molar-refractivity contribution in [3.63, 3.8) is 0 Å². The topological polar surface area (TPSA) is 94.3 Å². The summed E-state index contributed by atoms with van der Waals surface area (Å²) in [5.74, 6) is -0.204. The standard InChI is InChI=1S/C25H36N4O3S2/c1-16-9-8-12-29(16)24(32)22(15-33-34-25(3,4)5)28-23(31)21(27-17(2)30)13-18-14-26-20-11-7-6-10-19(18)20/h6-7,10-11,14,16,21-22,26H,8-9,12-13,15H2,1-5H3,(H,27,30)(H,28,31)/t16-,21+,22+/m1/s1. The molecule has 0 spiro atoms. The highest BCUT2D eigenvalue weighted by atomic mass is 33.1. The zero-order chi connectivity index (χ0) is 24.9. The van der Waals surface area contributed by atoms with Crippen molar-refractivity contribution in [2.24, 2.45) is 0 Å². The second-order valence-electron chi connectivity index (χ2n) is 9.88. The molecular formula is C25H36N4O3S2.